The summed E-state index contributed by atoms with van der Waals surface area (Å²) in [4.78, 5) is 0. The lowest BCUT2D eigenvalue weighted by molar-refractivity contribution is 0.531. The van der Waals surface area contributed by atoms with Gasteiger partial charge in [0.2, 0.25) is 0 Å². The van der Waals surface area contributed by atoms with Crippen molar-refractivity contribution in [2.45, 2.75) is 39.0 Å². The van der Waals surface area contributed by atoms with Gasteiger partial charge < -0.3 is 0 Å². The van der Waals surface area contributed by atoms with Gasteiger partial charge in [-0.2, -0.15) is 0 Å². The summed E-state index contributed by atoms with van der Waals surface area (Å²) in [6.07, 6.45) is 6.77. The highest BCUT2D eigenvalue weighted by atomic mass is 14.1. The molecule has 0 bridgehead atoms. The monoisotopic (exact) mass is 124 g/mol. The molecular weight excluding hydrogens is 108 g/mol. The molecule has 0 amide bonds. The first-order valence-electron chi connectivity index (χ1n) is 3.95. The molecule has 52 valence electrons. The SMILES string of the molecule is C=C1CCCCC(C)C1. The standard InChI is InChI=1S/C9H16/c1-8-5-3-4-6-9(2)7-8/h9H,1,3-7H2,2H3. The molecule has 0 aromatic carbocycles. The van der Waals surface area contributed by atoms with Crippen LogP contribution in [0.4, 0.5) is 0 Å². The van der Waals surface area contributed by atoms with Crippen LogP contribution in [0.25, 0.3) is 0 Å². The van der Waals surface area contributed by atoms with E-state index in [1.165, 1.54) is 37.7 Å². The fraction of sp³-hybridized carbons (Fsp3) is 0.778. The lowest BCUT2D eigenvalue weighted by Gasteiger charge is -2.05. The molecule has 1 saturated carbocycles. The molecule has 1 atom stereocenters. The molecule has 0 heteroatoms. The van der Waals surface area contributed by atoms with Gasteiger partial charge in [0.25, 0.3) is 0 Å². The second kappa shape index (κ2) is 3.05. The van der Waals surface area contributed by atoms with E-state index in [-0.39, 0.29) is 0 Å². The van der Waals surface area contributed by atoms with Crippen molar-refractivity contribution >= 4 is 0 Å². The van der Waals surface area contributed by atoms with Crippen LogP contribution in [0.5, 0.6) is 0 Å². The lowest BCUT2D eigenvalue weighted by Crippen LogP contribution is -1.90. The first kappa shape index (κ1) is 6.85. The first-order valence-corrected chi connectivity index (χ1v) is 3.95. The third-order valence-corrected chi connectivity index (χ3v) is 2.11. The summed E-state index contributed by atoms with van der Waals surface area (Å²) < 4.78 is 0. The highest BCUT2D eigenvalue weighted by Gasteiger charge is 2.08. The van der Waals surface area contributed by atoms with Gasteiger partial charge in [0, 0.05) is 0 Å². The number of hydrogen-bond acceptors (Lipinski definition) is 0. The van der Waals surface area contributed by atoms with Gasteiger partial charge in [-0.3, -0.25) is 0 Å². The van der Waals surface area contributed by atoms with Gasteiger partial charge in [-0.05, 0) is 25.2 Å². The van der Waals surface area contributed by atoms with E-state index in [1.807, 2.05) is 0 Å². The quantitative estimate of drug-likeness (QED) is 0.344. The third kappa shape index (κ3) is 2.21. The molecule has 0 saturated heterocycles. The Labute approximate surface area is 58.0 Å². The topological polar surface area (TPSA) is 0 Å². The van der Waals surface area contributed by atoms with Crippen molar-refractivity contribution in [2.24, 2.45) is 5.92 Å². The highest BCUT2D eigenvalue weighted by Crippen LogP contribution is 2.24. The van der Waals surface area contributed by atoms with Crippen LogP contribution in [0.3, 0.4) is 0 Å². The fourth-order valence-electron chi connectivity index (χ4n) is 1.56. The molecule has 1 fully saturated rings. The fourth-order valence-corrected chi connectivity index (χ4v) is 1.56. The predicted molar refractivity (Wildman–Crippen MR) is 41.4 cm³/mol. The van der Waals surface area contributed by atoms with Gasteiger partial charge in [-0.15, -0.1) is 0 Å². The van der Waals surface area contributed by atoms with E-state index in [0.29, 0.717) is 0 Å². The van der Waals surface area contributed by atoms with E-state index in [2.05, 4.69) is 13.5 Å². The molecule has 1 rings (SSSR count). The van der Waals surface area contributed by atoms with Crippen LogP contribution in [0.2, 0.25) is 0 Å². The van der Waals surface area contributed by atoms with Crippen molar-refractivity contribution in [2.75, 3.05) is 0 Å². The van der Waals surface area contributed by atoms with Crippen LogP contribution in [-0.4, -0.2) is 0 Å². The zero-order valence-corrected chi connectivity index (χ0v) is 6.32. The Kier molecular flexibility index (Phi) is 2.32. The average Bonchev–Trinajstić information content (AvgIpc) is 1.93. The van der Waals surface area contributed by atoms with Gasteiger partial charge in [-0.25, -0.2) is 0 Å². The summed E-state index contributed by atoms with van der Waals surface area (Å²) in [6, 6.07) is 0. The molecule has 1 aliphatic carbocycles. The third-order valence-electron chi connectivity index (χ3n) is 2.11. The maximum atomic E-state index is 4.02. The summed E-state index contributed by atoms with van der Waals surface area (Å²) >= 11 is 0. The van der Waals surface area contributed by atoms with Crippen molar-refractivity contribution in [1.82, 2.24) is 0 Å². The molecule has 9 heavy (non-hydrogen) atoms. The molecule has 0 aromatic rings. The Morgan fingerprint density at radius 2 is 2.22 bits per heavy atom. The largest absolute Gasteiger partial charge is 0.0999 e. The van der Waals surface area contributed by atoms with E-state index in [0.717, 1.165) is 5.92 Å². The Morgan fingerprint density at radius 1 is 1.44 bits per heavy atom. The molecule has 1 unspecified atom stereocenters. The van der Waals surface area contributed by atoms with Crippen LogP contribution in [0, 0.1) is 5.92 Å². The van der Waals surface area contributed by atoms with Crippen LogP contribution in [0.15, 0.2) is 12.2 Å². The molecule has 0 N–H and O–H groups in total. The van der Waals surface area contributed by atoms with E-state index in [1.54, 1.807) is 0 Å². The van der Waals surface area contributed by atoms with E-state index >= 15 is 0 Å². The number of hydrogen-bond donors (Lipinski definition) is 0. The Bertz CT molecular complexity index is 103. The maximum Gasteiger partial charge on any atom is -0.0297 e. The number of rotatable bonds is 0. The zero-order chi connectivity index (χ0) is 6.69. The lowest BCUT2D eigenvalue weighted by atomic mass is 10.0. The minimum absolute atomic E-state index is 0.903. The molecule has 0 aromatic heterocycles. The molecule has 1 aliphatic rings. The van der Waals surface area contributed by atoms with Gasteiger partial charge >= 0.3 is 0 Å². The molecular formula is C9H16. The van der Waals surface area contributed by atoms with Crippen LogP contribution in [0.1, 0.15) is 39.0 Å². The Hall–Kier alpha value is -0.260. The van der Waals surface area contributed by atoms with E-state index in [9.17, 15) is 0 Å². The molecule has 0 radical (unpaired) electrons. The van der Waals surface area contributed by atoms with Crippen molar-refractivity contribution in [1.29, 1.82) is 0 Å². The zero-order valence-electron chi connectivity index (χ0n) is 6.32. The predicted octanol–water partition coefficient (Wildman–Crippen LogP) is 3.14. The van der Waals surface area contributed by atoms with E-state index in [4.69, 9.17) is 0 Å². The first-order chi connectivity index (χ1) is 4.29. The summed E-state index contributed by atoms with van der Waals surface area (Å²) in [7, 11) is 0. The van der Waals surface area contributed by atoms with Gasteiger partial charge in [-0.1, -0.05) is 31.9 Å². The van der Waals surface area contributed by atoms with E-state index < -0.39 is 0 Å². The molecule has 0 heterocycles. The summed E-state index contributed by atoms with van der Waals surface area (Å²) in [5, 5.41) is 0. The highest BCUT2D eigenvalue weighted by molar-refractivity contribution is 4.96. The smallest absolute Gasteiger partial charge is 0.0297 e. The normalized spacial score (nSPS) is 29.9. The van der Waals surface area contributed by atoms with Crippen molar-refractivity contribution in [3.8, 4) is 0 Å². The van der Waals surface area contributed by atoms with Crippen molar-refractivity contribution < 1.29 is 0 Å². The van der Waals surface area contributed by atoms with Crippen LogP contribution in [-0.2, 0) is 0 Å². The van der Waals surface area contributed by atoms with Crippen LogP contribution >= 0.6 is 0 Å². The maximum absolute atomic E-state index is 4.02. The van der Waals surface area contributed by atoms with Crippen molar-refractivity contribution in [3.05, 3.63) is 12.2 Å². The minimum Gasteiger partial charge on any atom is -0.0999 e. The average molecular weight is 124 g/mol. The molecule has 0 aliphatic heterocycles. The van der Waals surface area contributed by atoms with Crippen molar-refractivity contribution in [3.63, 3.8) is 0 Å². The molecule has 0 nitrogen and oxygen atoms in total. The Balaban J connectivity index is 2.37. The van der Waals surface area contributed by atoms with Gasteiger partial charge in [0.05, 0.1) is 0 Å². The summed E-state index contributed by atoms with van der Waals surface area (Å²) in [5.41, 5.74) is 1.47. The van der Waals surface area contributed by atoms with Crippen LogP contribution < -0.4 is 0 Å². The summed E-state index contributed by atoms with van der Waals surface area (Å²) in [6.45, 7) is 6.35. The minimum atomic E-state index is 0.903. The number of allylic oxidation sites excluding steroid dienone is 1. The van der Waals surface area contributed by atoms with Gasteiger partial charge in [0.15, 0.2) is 0 Å². The summed E-state index contributed by atoms with van der Waals surface area (Å²) in [5.74, 6) is 0.903. The van der Waals surface area contributed by atoms with Gasteiger partial charge in [0.1, 0.15) is 0 Å². The Morgan fingerprint density at radius 3 is 3.00 bits per heavy atom. The second-order valence-electron chi connectivity index (χ2n) is 3.31. The molecule has 0 spiro atoms. The second-order valence-corrected chi connectivity index (χ2v) is 3.31.